The number of aromatic carboxylic acids is 1. The highest BCUT2D eigenvalue weighted by molar-refractivity contribution is 8.00. The standard InChI is InChI=1S/C15H14N2O2S2/c1-8(2)20-12-5-4-10(6-11(12)7-16)14-17-9(3)13(21-14)15(18)19/h4-6,8H,1-3H3,(H,18,19)/i5D. The van der Waals surface area contributed by atoms with Gasteiger partial charge in [-0.05, 0) is 19.0 Å². The molecule has 1 heterocycles. The average Bonchev–Trinajstić information content (AvgIpc) is 2.82. The van der Waals surface area contributed by atoms with Crippen LogP contribution in [0.2, 0.25) is 0 Å². The molecule has 2 rings (SSSR count). The fraction of sp³-hybridized carbons (Fsp3) is 0.267. The highest BCUT2D eigenvalue weighted by Gasteiger charge is 2.16. The molecule has 0 fully saturated rings. The van der Waals surface area contributed by atoms with E-state index in [1.54, 1.807) is 19.1 Å². The topological polar surface area (TPSA) is 74.0 Å². The van der Waals surface area contributed by atoms with Crippen LogP contribution in [0.5, 0.6) is 0 Å². The fourth-order valence-corrected chi connectivity index (χ4v) is 3.46. The second-order valence-electron chi connectivity index (χ2n) is 4.65. The van der Waals surface area contributed by atoms with Gasteiger partial charge < -0.3 is 5.11 Å². The van der Waals surface area contributed by atoms with Crippen molar-refractivity contribution in [1.82, 2.24) is 4.98 Å². The number of carboxylic acids is 1. The van der Waals surface area contributed by atoms with Crippen molar-refractivity contribution in [1.29, 1.82) is 5.26 Å². The second-order valence-corrected chi connectivity index (χ2v) is 7.23. The van der Waals surface area contributed by atoms with Crippen molar-refractivity contribution >= 4 is 29.1 Å². The van der Waals surface area contributed by atoms with E-state index in [-0.39, 0.29) is 16.2 Å². The number of nitrogens with zero attached hydrogens (tertiary/aromatic N) is 2. The molecule has 0 aliphatic heterocycles. The summed E-state index contributed by atoms with van der Waals surface area (Å²) >= 11 is 2.53. The monoisotopic (exact) mass is 319 g/mol. The van der Waals surface area contributed by atoms with E-state index >= 15 is 0 Å². The second kappa shape index (κ2) is 6.29. The number of aryl methyl sites for hydroxylation is 1. The van der Waals surface area contributed by atoms with Crippen LogP contribution < -0.4 is 0 Å². The van der Waals surface area contributed by atoms with Crippen molar-refractivity contribution in [3.05, 3.63) is 34.3 Å². The molecule has 4 nitrogen and oxygen atoms in total. The van der Waals surface area contributed by atoms with Crippen molar-refractivity contribution in [2.45, 2.75) is 30.9 Å². The SMILES string of the molecule is [2H]c1cc(-c2nc(C)c(C(=O)O)s2)cc(C#N)c1SC(C)C. The van der Waals surface area contributed by atoms with Crippen molar-refractivity contribution < 1.29 is 11.3 Å². The third kappa shape index (κ3) is 3.43. The van der Waals surface area contributed by atoms with E-state index < -0.39 is 5.97 Å². The van der Waals surface area contributed by atoms with Crippen molar-refractivity contribution in [2.75, 3.05) is 0 Å². The number of thiazole rings is 1. The maximum atomic E-state index is 11.1. The molecule has 6 heteroatoms. The minimum atomic E-state index is -1.01. The van der Waals surface area contributed by atoms with E-state index in [0.717, 1.165) is 11.3 Å². The normalized spacial score (nSPS) is 11.3. The Balaban J connectivity index is 2.54. The lowest BCUT2D eigenvalue weighted by Crippen LogP contribution is -1.94. The van der Waals surface area contributed by atoms with Crippen LogP contribution in [-0.2, 0) is 0 Å². The van der Waals surface area contributed by atoms with Crippen molar-refractivity contribution in [2.24, 2.45) is 0 Å². The number of hydrogen-bond acceptors (Lipinski definition) is 5. The van der Waals surface area contributed by atoms with E-state index in [1.165, 1.54) is 11.8 Å². The zero-order valence-electron chi connectivity index (χ0n) is 12.8. The van der Waals surface area contributed by atoms with Gasteiger partial charge in [-0.15, -0.1) is 23.1 Å². The van der Waals surface area contributed by atoms with Gasteiger partial charge >= 0.3 is 5.97 Å². The Morgan fingerprint density at radius 2 is 2.33 bits per heavy atom. The van der Waals surface area contributed by atoms with Crippen LogP contribution in [0.3, 0.4) is 0 Å². The smallest absolute Gasteiger partial charge is 0.347 e. The Hall–Kier alpha value is -1.84. The Bertz CT molecular complexity index is 779. The molecule has 0 aliphatic carbocycles. The van der Waals surface area contributed by atoms with E-state index in [1.807, 2.05) is 13.8 Å². The summed E-state index contributed by atoms with van der Waals surface area (Å²) in [6.45, 7) is 5.64. The molecule has 0 saturated heterocycles. The number of hydrogen-bond donors (Lipinski definition) is 1. The average molecular weight is 319 g/mol. The van der Waals surface area contributed by atoms with E-state index in [2.05, 4.69) is 11.1 Å². The first-order valence-electron chi connectivity index (χ1n) is 6.76. The Kier molecular flexibility index (Phi) is 4.23. The third-order valence-corrected chi connectivity index (χ3v) is 4.85. The quantitative estimate of drug-likeness (QED) is 0.855. The minimum absolute atomic E-state index is 0.181. The summed E-state index contributed by atoms with van der Waals surface area (Å²) in [6, 6.07) is 5.69. The minimum Gasteiger partial charge on any atom is -0.477 e. The molecule has 1 aromatic heterocycles. The zero-order valence-corrected chi connectivity index (χ0v) is 13.4. The molecular formula is C15H14N2O2S2. The lowest BCUT2D eigenvalue weighted by Gasteiger charge is -2.07. The predicted octanol–water partition coefficient (Wildman–Crippen LogP) is 4.19. The zero-order chi connectivity index (χ0) is 16.4. The molecular weight excluding hydrogens is 304 g/mol. The van der Waals surface area contributed by atoms with Crippen LogP contribution in [0, 0.1) is 18.3 Å². The van der Waals surface area contributed by atoms with Gasteiger partial charge in [0.2, 0.25) is 0 Å². The van der Waals surface area contributed by atoms with E-state index in [9.17, 15) is 10.1 Å². The van der Waals surface area contributed by atoms with Gasteiger partial charge in [-0.25, -0.2) is 9.78 Å². The molecule has 0 radical (unpaired) electrons. The van der Waals surface area contributed by atoms with Gasteiger partial charge in [0.25, 0.3) is 0 Å². The number of nitriles is 1. The number of carboxylic acid groups (broad SMARTS) is 1. The molecule has 0 bridgehead atoms. The van der Waals surface area contributed by atoms with Crippen molar-refractivity contribution in [3.8, 4) is 16.6 Å². The Morgan fingerprint density at radius 3 is 2.86 bits per heavy atom. The van der Waals surface area contributed by atoms with Gasteiger partial charge in [-0.1, -0.05) is 19.9 Å². The summed E-state index contributed by atoms with van der Waals surface area (Å²) in [5.74, 6) is -1.01. The maximum Gasteiger partial charge on any atom is 0.347 e. The molecule has 0 saturated carbocycles. The largest absolute Gasteiger partial charge is 0.477 e. The Morgan fingerprint density at radius 1 is 1.62 bits per heavy atom. The fourth-order valence-electron chi connectivity index (χ4n) is 1.74. The number of rotatable bonds is 4. The van der Waals surface area contributed by atoms with E-state index in [0.29, 0.717) is 26.7 Å². The van der Waals surface area contributed by atoms with Gasteiger partial charge in [0.15, 0.2) is 0 Å². The van der Waals surface area contributed by atoms with Crippen LogP contribution in [0.15, 0.2) is 23.1 Å². The molecule has 21 heavy (non-hydrogen) atoms. The summed E-state index contributed by atoms with van der Waals surface area (Å²) in [5.41, 5.74) is 1.47. The summed E-state index contributed by atoms with van der Waals surface area (Å²) in [4.78, 5) is 16.2. The van der Waals surface area contributed by atoms with Crippen LogP contribution in [-0.4, -0.2) is 21.3 Å². The van der Waals surface area contributed by atoms with Crippen LogP contribution in [0.1, 0.15) is 36.1 Å². The van der Waals surface area contributed by atoms with E-state index in [4.69, 9.17) is 6.48 Å². The molecule has 0 spiro atoms. The number of carbonyl (C=O) groups is 1. The lowest BCUT2D eigenvalue weighted by atomic mass is 10.1. The molecule has 0 unspecified atom stereocenters. The van der Waals surface area contributed by atoms with Gasteiger partial charge in [-0.2, -0.15) is 5.26 Å². The molecule has 0 atom stereocenters. The van der Waals surface area contributed by atoms with Crippen LogP contribution in [0.4, 0.5) is 0 Å². The molecule has 0 amide bonds. The first kappa shape index (κ1) is 14.1. The number of aromatic nitrogens is 1. The first-order chi connectivity index (χ1) is 10.3. The Labute approximate surface area is 132 Å². The van der Waals surface area contributed by atoms with Crippen LogP contribution in [0.25, 0.3) is 10.6 Å². The predicted molar refractivity (Wildman–Crippen MR) is 85.0 cm³/mol. The number of thioether (sulfide) groups is 1. The van der Waals surface area contributed by atoms with Gasteiger partial charge in [0, 0.05) is 15.7 Å². The molecule has 108 valence electrons. The first-order valence-corrected chi connectivity index (χ1v) is 7.95. The molecule has 2 aromatic rings. The maximum absolute atomic E-state index is 11.1. The van der Waals surface area contributed by atoms with Gasteiger partial charge in [0.05, 0.1) is 12.6 Å². The summed E-state index contributed by atoms with van der Waals surface area (Å²) in [6.07, 6.45) is 0. The molecule has 0 aliphatic rings. The third-order valence-electron chi connectivity index (χ3n) is 2.62. The molecule has 1 aromatic carbocycles. The summed E-state index contributed by atoms with van der Waals surface area (Å²) < 4.78 is 8.13. The highest BCUT2D eigenvalue weighted by atomic mass is 32.2. The summed E-state index contributed by atoms with van der Waals surface area (Å²) in [7, 11) is 0. The number of benzene rings is 1. The van der Waals surface area contributed by atoms with Crippen molar-refractivity contribution in [3.63, 3.8) is 0 Å². The molecule has 1 N–H and O–H groups in total. The van der Waals surface area contributed by atoms with Crippen LogP contribution >= 0.6 is 23.1 Å². The summed E-state index contributed by atoms with van der Waals surface area (Å²) in [5, 5.41) is 19.2. The van der Waals surface area contributed by atoms with Gasteiger partial charge in [-0.3, -0.25) is 0 Å². The lowest BCUT2D eigenvalue weighted by molar-refractivity contribution is 0.0701. The highest BCUT2D eigenvalue weighted by Crippen LogP contribution is 2.33. The van der Waals surface area contributed by atoms with Gasteiger partial charge in [0.1, 0.15) is 16.0 Å².